The van der Waals surface area contributed by atoms with Crippen LogP contribution in [0.1, 0.15) is 144 Å². The number of hydrogen-bond acceptors (Lipinski definition) is 6. The number of likely N-dealkylation sites (tertiary alicyclic amines) is 1. The van der Waals surface area contributed by atoms with Crippen molar-refractivity contribution in [3.05, 3.63) is 54.0 Å². The molecule has 0 spiro atoms. The first-order chi connectivity index (χ1) is 26.7. The van der Waals surface area contributed by atoms with Crippen molar-refractivity contribution in [1.82, 2.24) is 20.2 Å². The van der Waals surface area contributed by atoms with Crippen LogP contribution < -0.4 is 10.1 Å². The summed E-state index contributed by atoms with van der Waals surface area (Å²) in [5, 5.41) is 14.8. The number of aliphatic carboxylic acids is 1. The van der Waals surface area contributed by atoms with Crippen molar-refractivity contribution < 1.29 is 14.6 Å². The summed E-state index contributed by atoms with van der Waals surface area (Å²) in [5.74, 6) is 3.16. The number of piperidine rings is 1. The minimum Gasteiger partial charge on any atom is -0.481 e. The lowest BCUT2D eigenvalue weighted by molar-refractivity contribution is -0.221. The average Bonchev–Trinajstić information content (AvgIpc) is 3.56. The molecule has 7 nitrogen and oxygen atoms in total. The number of carboxylic acid groups (broad SMARTS) is 1. The lowest BCUT2D eigenvalue weighted by Crippen LogP contribution is -2.68. The van der Waals surface area contributed by atoms with Gasteiger partial charge in [-0.25, -0.2) is 4.98 Å². The molecule has 0 aromatic carbocycles. The van der Waals surface area contributed by atoms with Crippen LogP contribution in [0.25, 0.3) is 0 Å². The third-order valence-corrected chi connectivity index (χ3v) is 18.8. The summed E-state index contributed by atoms with van der Waals surface area (Å²) in [6.45, 7) is 25.5. The van der Waals surface area contributed by atoms with E-state index in [-0.39, 0.29) is 16.4 Å². The van der Waals surface area contributed by atoms with Gasteiger partial charge >= 0.3 is 5.97 Å². The maximum absolute atomic E-state index is 12.7. The van der Waals surface area contributed by atoms with E-state index < -0.39 is 11.4 Å². The maximum Gasteiger partial charge on any atom is 0.310 e. The predicted octanol–water partition coefficient (Wildman–Crippen LogP) is 10.4. The first-order valence-electron chi connectivity index (χ1n) is 22.8. The summed E-state index contributed by atoms with van der Waals surface area (Å²) in [6, 6.07) is 0. The fourth-order valence-corrected chi connectivity index (χ4v) is 15.6. The van der Waals surface area contributed by atoms with Crippen LogP contribution in [-0.2, 0) is 4.79 Å². The quantitative estimate of drug-likeness (QED) is 0.217. The summed E-state index contributed by atoms with van der Waals surface area (Å²) in [4.78, 5) is 23.7. The van der Waals surface area contributed by atoms with E-state index in [2.05, 4.69) is 80.5 Å². The zero-order chi connectivity index (χ0) is 39.6. The third-order valence-electron chi connectivity index (χ3n) is 18.8. The number of aromatic nitrogens is 2. The van der Waals surface area contributed by atoms with E-state index in [1.54, 1.807) is 18.6 Å². The summed E-state index contributed by atoms with van der Waals surface area (Å²) in [7, 11) is 0. The topological polar surface area (TPSA) is 87.6 Å². The van der Waals surface area contributed by atoms with E-state index >= 15 is 0 Å². The van der Waals surface area contributed by atoms with Gasteiger partial charge in [-0.05, 0) is 179 Å². The number of nitrogens with one attached hydrogen (secondary N) is 1. The summed E-state index contributed by atoms with van der Waals surface area (Å²) in [5.41, 5.74) is 4.77. The first kappa shape index (κ1) is 40.3. The molecule has 8 rings (SSSR count). The smallest absolute Gasteiger partial charge is 0.310 e. The molecule has 1 aromatic rings. The molecular weight excluding hydrogens is 693 g/mol. The van der Waals surface area contributed by atoms with Gasteiger partial charge in [-0.1, -0.05) is 65.3 Å². The molecule has 5 fully saturated rings. The van der Waals surface area contributed by atoms with Gasteiger partial charge in [-0.15, -0.1) is 0 Å². The second-order valence-corrected chi connectivity index (χ2v) is 21.4. The van der Waals surface area contributed by atoms with Crippen molar-refractivity contribution in [3.63, 3.8) is 0 Å². The lowest BCUT2D eigenvalue weighted by Gasteiger charge is -2.72. The molecule has 0 bridgehead atoms. The number of fused-ring (bicyclic) bond motifs is 7. The number of carboxylic acids is 1. The molecule has 4 saturated carbocycles. The summed E-state index contributed by atoms with van der Waals surface area (Å²) >= 11 is 0. The molecule has 2 N–H and O–H groups in total. The van der Waals surface area contributed by atoms with Crippen molar-refractivity contribution >= 4 is 5.97 Å². The van der Waals surface area contributed by atoms with Crippen molar-refractivity contribution in [2.24, 2.45) is 56.7 Å². The van der Waals surface area contributed by atoms with Crippen molar-refractivity contribution in [2.45, 2.75) is 150 Å². The molecule has 0 radical (unpaired) electrons. The van der Waals surface area contributed by atoms with Crippen LogP contribution in [0.15, 0.2) is 54.0 Å². The molecule has 7 aliphatic rings. The fraction of sp³-hybridized carbons (Fsp3) is 0.776. The minimum atomic E-state index is -0.802. The van der Waals surface area contributed by atoms with Gasteiger partial charge in [0, 0.05) is 31.0 Å². The Morgan fingerprint density at radius 1 is 0.929 bits per heavy atom. The molecule has 1 unspecified atom stereocenters. The van der Waals surface area contributed by atoms with Gasteiger partial charge in [0.15, 0.2) is 0 Å². The molecule has 1 aromatic heterocycles. The standard InChI is InChI=1S/C49H74N4O3/c1-34(2)36-15-22-49(52-28-31-53-29-9-8-10-30-53)24-23-46(6)38(42(36)49)11-12-40-45(5)18-16-37(44(3,4)39(45)17-19-47(40,46)7)35-13-20-48(21-14-35,43(54)55)25-32-56-41-33-50-26-27-51-41/h13,16,26-27,33,36,38-40,42,52H,1,8-12,14-15,17-25,28-32H2,2-7H3,(H,54,55)/t36-,38+,39-,40+,42+,45-,46+,47+,48?,49-/m0/s1. The van der Waals surface area contributed by atoms with Gasteiger partial charge in [0.2, 0.25) is 5.88 Å². The summed E-state index contributed by atoms with van der Waals surface area (Å²) in [6.07, 6.45) is 28.2. The maximum atomic E-state index is 12.7. The normalized spacial score (nSPS) is 41.9. The van der Waals surface area contributed by atoms with Crippen LogP contribution in [0, 0.1) is 56.7 Å². The fourth-order valence-electron chi connectivity index (χ4n) is 15.6. The van der Waals surface area contributed by atoms with Crippen LogP contribution in [-0.4, -0.2) is 64.3 Å². The van der Waals surface area contributed by atoms with E-state index in [0.717, 1.165) is 25.3 Å². The lowest BCUT2D eigenvalue weighted by atomic mass is 9.33. The zero-order valence-corrected chi connectivity index (χ0v) is 35.9. The highest BCUT2D eigenvalue weighted by Gasteiger charge is 2.70. The van der Waals surface area contributed by atoms with Gasteiger partial charge in [0.05, 0.1) is 18.2 Å². The van der Waals surface area contributed by atoms with Crippen molar-refractivity contribution in [2.75, 3.05) is 32.8 Å². The van der Waals surface area contributed by atoms with Gasteiger partial charge in [0.1, 0.15) is 0 Å². The van der Waals surface area contributed by atoms with Crippen molar-refractivity contribution in [3.8, 4) is 5.88 Å². The third kappa shape index (κ3) is 6.46. The molecule has 1 saturated heterocycles. The number of nitrogens with zero attached hydrogens (tertiary/aromatic N) is 3. The molecule has 10 atom stereocenters. The Hall–Kier alpha value is -2.51. The second-order valence-electron chi connectivity index (χ2n) is 21.4. The van der Waals surface area contributed by atoms with E-state index in [4.69, 9.17) is 4.74 Å². The van der Waals surface area contributed by atoms with Crippen LogP contribution in [0.5, 0.6) is 5.88 Å². The number of allylic oxidation sites excluding steroid dienone is 5. The molecule has 7 heteroatoms. The Bertz CT molecular complexity index is 1700. The van der Waals surface area contributed by atoms with Gasteiger partial charge < -0.3 is 20.1 Å². The highest BCUT2D eigenvalue weighted by atomic mass is 16.5. The molecule has 56 heavy (non-hydrogen) atoms. The largest absolute Gasteiger partial charge is 0.481 e. The minimum absolute atomic E-state index is 0.0483. The zero-order valence-electron chi connectivity index (χ0n) is 35.9. The molecule has 308 valence electrons. The van der Waals surface area contributed by atoms with Crippen LogP contribution in [0.4, 0.5) is 0 Å². The molecule has 1 aliphatic heterocycles. The molecule has 6 aliphatic carbocycles. The van der Waals surface area contributed by atoms with Crippen molar-refractivity contribution in [1.29, 1.82) is 0 Å². The number of hydrogen-bond donors (Lipinski definition) is 2. The average molecular weight is 767 g/mol. The highest BCUT2D eigenvalue weighted by Crippen LogP contribution is 2.76. The second kappa shape index (κ2) is 14.9. The molecular formula is C49H74N4O3. The van der Waals surface area contributed by atoms with E-state index in [9.17, 15) is 9.90 Å². The van der Waals surface area contributed by atoms with Gasteiger partial charge in [-0.2, -0.15) is 0 Å². The van der Waals surface area contributed by atoms with Gasteiger partial charge in [0.25, 0.3) is 0 Å². The highest BCUT2D eigenvalue weighted by molar-refractivity contribution is 5.75. The Balaban J connectivity index is 1.00. The number of rotatable bonds is 11. The molecule has 0 amide bonds. The van der Waals surface area contributed by atoms with Crippen LogP contribution in [0.2, 0.25) is 0 Å². The van der Waals surface area contributed by atoms with Crippen LogP contribution in [0.3, 0.4) is 0 Å². The Morgan fingerprint density at radius 2 is 1.73 bits per heavy atom. The van der Waals surface area contributed by atoms with E-state index in [1.165, 1.54) is 107 Å². The van der Waals surface area contributed by atoms with Gasteiger partial charge in [-0.3, -0.25) is 9.78 Å². The van der Waals surface area contributed by atoms with E-state index in [1.807, 2.05) is 0 Å². The summed E-state index contributed by atoms with van der Waals surface area (Å²) < 4.78 is 5.82. The Labute approximate surface area is 339 Å². The Kier molecular flexibility index (Phi) is 10.8. The number of ether oxygens (including phenoxy) is 1. The first-order valence-corrected chi connectivity index (χ1v) is 22.8. The Morgan fingerprint density at radius 3 is 2.43 bits per heavy atom. The predicted molar refractivity (Wildman–Crippen MR) is 225 cm³/mol. The van der Waals surface area contributed by atoms with Crippen LogP contribution >= 0.6 is 0 Å². The number of carbonyl (C=O) groups is 1. The molecule has 2 heterocycles. The van der Waals surface area contributed by atoms with E-state index in [0.29, 0.717) is 66.3 Å². The monoisotopic (exact) mass is 767 g/mol. The SMILES string of the molecule is C=C(C)[C@@H]1CC[C@]2(NCCN3CCCCC3)CC[C@]3(C)[C@H](CC[C@@H]4[C@@]5(C)CC=C(C6=CCC(CCOc7cnccn7)(C(=O)O)CC6)C(C)(C)[C@@H]5CC[C@]43C)[C@@H]12.